The largest absolute Gasteiger partial charge is 0.343 e. The molecule has 11 nitrogen and oxygen atoms in total. The number of likely N-dealkylation sites (N-methyl/N-ethyl adjacent to an activating group) is 2. The van der Waals surface area contributed by atoms with E-state index in [0.717, 1.165) is 4.47 Å². The molecule has 4 N–H and O–H groups in total. The lowest BCUT2D eigenvalue weighted by atomic mass is 10.0. The fourth-order valence-electron chi connectivity index (χ4n) is 3.75. The molecular formula is C27H31BrN6O5S. The predicted octanol–water partition coefficient (Wildman–Crippen LogP) is 2.31. The number of anilines is 1. The summed E-state index contributed by atoms with van der Waals surface area (Å²) in [5.74, 6) is -1.18. The van der Waals surface area contributed by atoms with E-state index in [0.29, 0.717) is 30.0 Å². The Balaban J connectivity index is 1.79. The van der Waals surface area contributed by atoms with Crippen molar-refractivity contribution < 1.29 is 22.8 Å². The average Bonchev–Trinajstić information content (AvgIpc) is 2.91. The van der Waals surface area contributed by atoms with Gasteiger partial charge in [0.1, 0.15) is 11.9 Å². The fraction of sp³-hybridized carbons (Fsp3) is 0.259. The van der Waals surface area contributed by atoms with Gasteiger partial charge in [-0.15, -0.1) is 0 Å². The van der Waals surface area contributed by atoms with E-state index in [-0.39, 0.29) is 16.9 Å². The van der Waals surface area contributed by atoms with Gasteiger partial charge in [-0.1, -0.05) is 30.3 Å². The van der Waals surface area contributed by atoms with Crippen LogP contribution < -0.4 is 15.8 Å². The standard InChI is InChI=1S/C27H31BrN6O5S/c1-33(2)14-15-34(3)27(37)22(16-25(35)32-24-13-12-20(28)17-30-24)31-26(36)19-10-8-18(9-11-19)21-6-4-5-7-23(21)40(29,38)39/h4-13,17,22H,14-16H2,1-3H3,(H,31,36)(H2,29,38,39)(H,30,32,35). The number of pyridine rings is 1. The Morgan fingerprint density at radius 2 is 1.65 bits per heavy atom. The number of hydrogen-bond acceptors (Lipinski definition) is 7. The van der Waals surface area contributed by atoms with Crippen molar-refractivity contribution in [1.82, 2.24) is 20.1 Å². The molecule has 0 saturated heterocycles. The van der Waals surface area contributed by atoms with Gasteiger partial charge in [-0.2, -0.15) is 0 Å². The minimum absolute atomic E-state index is 0.0371. The van der Waals surface area contributed by atoms with E-state index in [1.165, 1.54) is 29.3 Å². The van der Waals surface area contributed by atoms with Gasteiger partial charge >= 0.3 is 0 Å². The molecule has 0 spiro atoms. The first-order chi connectivity index (χ1) is 18.8. The summed E-state index contributed by atoms with van der Waals surface area (Å²) in [5, 5.41) is 10.7. The van der Waals surface area contributed by atoms with Crippen LogP contribution in [0.4, 0.5) is 5.82 Å². The second kappa shape index (κ2) is 13.6. The lowest BCUT2D eigenvalue weighted by Crippen LogP contribution is -2.50. The number of benzene rings is 2. The molecule has 0 aliphatic carbocycles. The number of nitrogens with two attached hydrogens (primary N) is 1. The Morgan fingerprint density at radius 1 is 0.975 bits per heavy atom. The normalized spacial score (nSPS) is 12.1. The first-order valence-electron chi connectivity index (χ1n) is 12.2. The first-order valence-corrected chi connectivity index (χ1v) is 14.5. The molecule has 0 aliphatic rings. The zero-order valence-corrected chi connectivity index (χ0v) is 24.7. The van der Waals surface area contributed by atoms with Crippen LogP contribution in [0.1, 0.15) is 16.8 Å². The molecular weight excluding hydrogens is 600 g/mol. The summed E-state index contributed by atoms with van der Waals surface area (Å²) in [5.41, 5.74) is 1.16. The number of carbonyl (C=O) groups is 3. The molecule has 3 amide bonds. The second-order valence-electron chi connectivity index (χ2n) is 9.32. The average molecular weight is 632 g/mol. The van der Waals surface area contributed by atoms with E-state index < -0.39 is 33.8 Å². The number of carbonyl (C=O) groups excluding carboxylic acids is 3. The van der Waals surface area contributed by atoms with E-state index >= 15 is 0 Å². The van der Waals surface area contributed by atoms with Crippen LogP contribution >= 0.6 is 15.9 Å². The summed E-state index contributed by atoms with van der Waals surface area (Å²) in [4.78, 5) is 46.6. The van der Waals surface area contributed by atoms with Crippen molar-refractivity contribution in [2.75, 3.05) is 39.5 Å². The molecule has 3 rings (SSSR count). The predicted molar refractivity (Wildman–Crippen MR) is 156 cm³/mol. The maximum atomic E-state index is 13.2. The zero-order chi connectivity index (χ0) is 29.4. The summed E-state index contributed by atoms with van der Waals surface area (Å²) in [6.07, 6.45) is 1.22. The summed E-state index contributed by atoms with van der Waals surface area (Å²) in [6, 6.07) is 14.6. The number of aromatic nitrogens is 1. The molecule has 212 valence electrons. The van der Waals surface area contributed by atoms with Crippen LogP contribution in [0.2, 0.25) is 0 Å². The van der Waals surface area contributed by atoms with Crippen molar-refractivity contribution in [3.63, 3.8) is 0 Å². The molecule has 1 unspecified atom stereocenters. The van der Waals surface area contributed by atoms with E-state index in [2.05, 4.69) is 31.5 Å². The highest BCUT2D eigenvalue weighted by Crippen LogP contribution is 2.26. The Morgan fingerprint density at radius 3 is 2.25 bits per heavy atom. The smallest absolute Gasteiger partial charge is 0.251 e. The Hall–Kier alpha value is -3.65. The van der Waals surface area contributed by atoms with Gasteiger partial charge in [-0.3, -0.25) is 14.4 Å². The lowest BCUT2D eigenvalue weighted by molar-refractivity contribution is -0.134. The molecule has 0 radical (unpaired) electrons. The third-order valence-corrected chi connectivity index (χ3v) is 7.34. The lowest BCUT2D eigenvalue weighted by Gasteiger charge is -2.25. The highest BCUT2D eigenvalue weighted by Gasteiger charge is 2.27. The van der Waals surface area contributed by atoms with Crippen LogP contribution in [0.25, 0.3) is 11.1 Å². The third-order valence-electron chi connectivity index (χ3n) is 5.90. The number of halogens is 1. The van der Waals surface area contributed by atoms with Crippen molar-refractivity contribution in [3.05, 3.63) is 76.9 Å². The molecule has 1 heterocycles. The van der Waals surface area contributed by atoms with Crippen molar-refractivity contribution in [1.29, 1.82) is 0 Å². The molecule has 0 fully saturated rings. The molecule has 2 aromatic carbocycles. The van der Waals surface area contributed by atoms with Gasteiger partial charge in [0.25, 0.3) is 5.91 Å². The van der Waals surface area contributed by atoms with E-state index in [1.54, 1.807) is 49.5 Å². The van der Waals surface area contributed by atoms with E-state index in [1.807, 2.05) is 19.0 Å². The topological polar surface area (TPSA) is 155 Å². The molecule has 0 bridgehead atoms. The summed E-state index contributed by atoms with van der Waals surface area (Å²) >= 11 is 3.28. The molecule has 0 saturated carbocycles. The van der Waals surface area contributed by atoms with Gasteiger partial charge in [0.2, 0.25) is 21.8 Å². The van der Waals surface area contributed by atoms with Crippen LogP contribution in [0.15, 0.2) is 76.2 Å². The van der Waals surface area contributed by atoms with E-state index in [4.69, 9.17) is 5.14 Å². The van der Waals surface area contributed by atoms with Gasteiger partial charge in [-0.05, 0) is 65.9 Å². The van der Waals surface area contributed by atoms with Gasteiger partial charge in [0.15, 0.2) is 0 Å². The fourth-order valence-corrected chi connectivity index (χ4v) is 4.75. The minimum atomic E-state index is -3.96. The monoisotopic (exact) mass is 630 g/mol. The van der Waals surface area contributed by atoms with Crippen LogP contribution in [0, 0.1) is 0 Å². The minimum Gasteiger partial charge on any atom is -0.343 e. The molecule has 40 heavy (non-hydrogen) atoms. The van der Waals surface area contributed by atoms with Crippen LogP contribution in [0.5, 0.6) is 0 Å². The van der Waals surface area contributed by atoms with Crippen LogP contribution in [-0.4, -0.2) is 81.2 Å². The highest BCUT2D eigenvalue weighted by atomic mass is 79.9. The number of amides is 3. The second-order valence-corrected chi connectivity index (χ2v) is 11.8. The molecule has 0 aliphatic heterocycles. The van der Waals surface area contributed by atoms with Crippen molar-refractivity contribution >= 4 is 49.5 Å². The van der Waals surface area contributed by atoms with Crippen molar-refractivity contribution in [2.24, 2.45) is 5.14 Å². The Kier molecular flexibility index (Phi) is 10.5. The van der Waals surface area contributed by atoms with Gasteiger partial charge in [0.05, 0.1) is 11.3 Å². The zero-order valence-electron chi connectivity index (χ0n) is 22.3. The van der Waals surface area contributed by atoms with Crippen molar-refractivity contribution in [2.45, 2.75) is 17.4 Å². The highest BCUT2D eigenvalue weighted by molar-refractivity contribution is 9.10. The number of nitrogens with one attached hydrogen (secondary N) is 2. The van der Waals surface area contributed by atoms with Gasteiger partial charge < -0.3 is 20.4 Å². The SMILES string of the molecule is CN(C)CCN(C)C(=O)C(CC(=O)Nc1ccc(Br)cn1)NC(=O)c1ccc(-c2ccccc2S(N)(=O)=O)cc1. The molecule has 1 atom stereocenters. The molecule has 1 aromatic heterocycles. The quantitative estimate of drug-likeness (QED) is 0.294. The summed E-state index contributed by atoms with van der Waals surface area (Å²) in [6.45, 7) is 0.992. The first kappa shape index (κ1) is 30.9. The number of nitrogens with zero attached hydrogens (tertiary/aromatic N) is 3. The maximum Gasteiger partial charge on any atom is 0.251 e. The number of sulfonamides is 1. The number of hydrogen-bond donors (Lipinski definition) is 3. The Labute approximate surface area is 241 Å². The Bertz CT molecular complexity index is 1460. The number of primary sulfonamides is 1. The molecule has 13 heteroatoms. The van der Waals surface area contributed by atoms with Gasteiger partial charge in [0, 0.05) is 41.9 Å². The van der Waals surface area contributed by atoms with Crippen molar-refractivity contribution in [3.8, 4) is 11.1 Å². The van der Waals surface area contributed by atoms with Crippen LogP contribution in [0.3, 0.4) is 0 Å². The van der Waals surface area contributed by atoms with Crippen LogP contribution in [-0.2, 0) is 19.6 Å². The maximum absolute atomic E-state index is 13.2. The third kappa shape index (κ3) is 8.68. The summed E-state index contributed by atoms with van der Waals surface area (Å²) in [7, 11) is 1.40. The van der Waals surface area contributed by atoms with E-state index in [9.17, 15) is 22.8 Å². The van der Waals surface area contributed by atoms with Gasteiger partial charge in [-0.25, -0.2) is 18.5 Å². The number of rotatable bonds is 11. The summed E-state index contributed by atoms with van der Waals surface area (Å²) < 4.78 is 24.7. The molecule has 3 aromatic rings.